The molecule has 1 rings (SSSR count). The van der Waals surface area contributed by atoms with Gasteiger partial charge in [0.15, 0.2) is 0 Å². The second-order valence-electron chi connectivity index (χ2n) is 4.08. The third-order valence-electron chi connectivity index (χ3n) is 2.79. The highest BCUT2D eigenvalue weighted by atomic mass is 16.2. The van der Waals surface area contributed by atoms with Gasteiger partial charge in [-0.1, -0.05) is 12.6 Å². The molecular weight excluding hydrogens is 242 g/mol. The van der Waals surface area contributed by atoms with Crippen LogP contribution in [0.5, 0.6) is 0 Å². The fourth-order valence-corrected chi connectivity index (χ4v) is 1.60. The van der Waals surface area contributed by atoms with Crippen molar-refractivity contribution in [3.05, 3.63) is 42.2 Å². The number of carbonyl (C=O) groups is 2. The zero-order valence-corrected chi connectivity index (χ0v) is 11.3. The smallest absolute Gasteiger partial charge is 0.246 e. The van der Waals surface area contributed by atoms with Gasteiger partial charge in [-0.15, -0.1) is 0 Å². The lowest BCUT2D eigenvalue weighted by Gasteiger charge is -2.18. The van der Waals surface area contributed by atoms with Crippen LogP contribution in [0.15, 0.2) is 31.0 Å². The first-order valence-corrected chi connectivity index (χ1v) is 6.17. The Morgan fingerprint density at radius 2 is 2.26 bits per heavy atom. The first kappa shape index (κ1) is 14.9. The Morgan fingerprint density at radius 3 is 2.84 bits per heavy atom. The number of hydrogen-bond donors (Lipinski definition) is 1. The molecule has 1 N–H and O–H groups in total. The quantitative estimate of drug-likeness (QED) is 0.778. The number of pyridine rings is 1. The number of hydrogen-bond acceptors (Lipinski definition) is 3. The molecule has 5 heteroatoms. The van der Waals surface area contributed by atoms with E-state index >= 15 is 0 Å². The van der Waals surface area contributed by atoms with Gasteiger partial charge < -0.3 is 10.2 Å². The lowest BCUT2D eigenvalue weighted by atomic mass is 10.2. The van der Waals surface area contributed by atoms with E-state index in [2.05, 4.69) is 16.9 Å². The van der Waals surface area contributed by atoms with Crippen LogP contribution in [0.4, 0.5) is 0 Å². The number of carbonyl (C=O) groups excluding carboxylic acids is 2. The maximum Gasteiger partial charge on any atom is 0.246 e. The molecule has 0 atom stereocenters. The molecule has 0 aliphatic rings. The highest BCUT2D eigenvalue weighted by Crippen LogP contribution is 2.02. The first-order valence-electron chi connectivity index (χ1n) is 6.17. The van der Waals surface area contributed by atoms with E-state index in [9.17, 15) is 9.59 Å². The largest absolute Gasteiger partial charge is 0.350 e. The van der Waals surface area contributed by atoms with E-state index in [-0.39, 0.29) is 18.4 Å². The zero-order chi connectivity index (χ0) is 14.3. The highest BCUT2D eigenvalue weighted by molar-refractivity contribution is 5.90. The van der Waals surface area contributed by atoms with Gasteiger partial charge in [0.25, 0.3) is 0 Å². The molecular formula is C14H19N3O2. The van der Waals surface area contributed by atoms with Crippen molar-refractivity contribution in [3.63, 3.8) is 0 Å². The molecule has 0 saturated carbocycles. The van der Waals surface area contributed by atoms with Crippen molar-refractivity contribution in [1.82, 2.24) is 15.2 Å². The highest BCUT2D eigenvalue weighted by Gasteiger charge is 2.12. The van der Waals surface area contributed by atoms with Gasteiger partial charge in [0.2, 0.25) is 11.8 Å². The van der Waals surface area contributed by atoms with Gasteiger partial charge in [-0.2, -0.15) is 0 Å². The van der Waals surface area contributed by atoms with Crippen LogP contribution >= 0.6 is 0 Å². The predicted molar refractivity (Wildman–Crippen MR) is 73.3 cm³/mol. The Labute approximate surface area is 113 Å². The summed E-state index contributed by atoms with van der Waals surface area (Å²) in [7, 11) is 0. The maximum atomic E-state index is 11.8. The minimum atomic E-state index is -0.241. The number of likely N-dealkylation sites (N-methyl/N-ethyl adjacent to an activating group) is 1. The van der Waals surface area contributed by atoms with Crippen LogP contribution in [0.2, 0.25) is 0 Å². The van der Waals surface area contributed by atoms with Crippen molar-refractivity contribution in [2.75, 3.05) is 13.1 Å². The molecule has 0 fully saturated rings. The van der Waals surface area contributed by atoms with Crippen molar-refractivity contribution in [2.45, 2.75) is 20.4 Å². The van der Waals surface area contributed by atoms with E-state index in [0.29, 0.717) is 13.1 Å². The molecule has 19 heavy (non-hydrogen) atoms. The molecule has 5 nitrogen and oxygen atoms in total. The Hall–Kier alpha value is -2.17. The van der Waals surface area contributed by atoms with Gasteiger partial charge in [-0.3, -0.25) is 14.6 Å². The summed E-state index contributed by atoms with van der Waals surface area (Å²) >= 11 is 0. The van der Waals surface area contributed by atoms with Crippen LogP contribution in [0.25, 0.3) is 0 Å². The zero-order valence-electron chi connectivity index (χ0n) is 11.3. The standard InChI is InChI=1S/C14H19N3O2/c1-4-14(19)17(5-2)10-13(18)16-9-12-7-6-8-15-11(12)3/h4,6-8H,1,5,9-10H2,2-3H3,(H,16,18). The molecule has 0 radical (unpaired) electrons. The van der Waals surface area contributed by atoms with Crippen molar-refractivity contribution in [2.24, 2.45) is 0 Å². The van der Waals surface area contributed by atoms with E-state index in [4.69, 9.17) is 0 Å². The average molecular weight is 261 g/mol. The van der Waals surface area contributed by atoms with Crippen LogP contribution in [0.3, 0.4) is 0 Å². The number of aromatic nitrogens is 1. The summed E-state index contributed by atoms with van der Waals surface area (Å²) in [6.07, 6.45) is 2.92. The van der Waals surface area contributed by atoms with Gasteiger partial charge in [-0.25, -0.2) is 0 Å². The topological polar surface area (TPSA) is 62.3 Å². The third-order valence-corrected chi connectivity index (χ3v) is 2.79. The van der Waals surface area contributed by atoms with E-state index in [1.165, 1.54) is 11.0 Å². The van der Waals surface area contributed by atoms with E-state index in [0.717, 1.165) is 11.3 Å². The van der Waals surface area contributed by atoms with Gasteiger partial charge >= 0.3 is 0 Å². The van der Waals surface area contributed by atoms with E-state index < -0.39 is 0 Å². The summed E-state index contributed by atoms with van der Waals surface area (Å²) in [6.45, 7) is 8.05. The lowest BCUT2D eigenvalue weighted by molar-refractivity contribution is -0.132. The Morgan fingerprint density at radius 1 is 1.53 bits per heavy atom. The Bertz CT molecular complexity index is 472. The molecule has 0 unspecified atom stereocenters. The summed E-state index contributed by atoms with van der Waals surface area (Å²) < 4.78 is 0. The molecule has 0 bridgehead atoms. The van der Waals surface area contributed by atoms with E-state index in [1.54, 1.807) is 6.20 Å². The maximum absolute atomic E-state index is 11.8. The molecule has 1 aromatic rings. The first-order chi connectivity index (χ1) is 9.08. The third kappa shape index (κ3) is 4.54. The number of aryl methyl sites for hydroxylation is 1. The summed E-state index contributed by atoms with van der Waals surface area (Å²) in [5.41, 5.74) is 1.85. The average Bonchev–Trinajstić information content (AvgIpc) is 2.43. The monoisotopic (exact) mass is 261 g/mol. The molecule has 1 heterocycles. The fourth-order valence-electron chi connectivity index (χ4n) is 1.60. The van der Waals surface area contributed by atoms with Gasteiger partial charge in [0.1, 0.15) is 0 Å². The molecule has 0 spiro atoms. The summed E-state index contributed by atoms with van der Waals surface area (Å²) in [5, 5.41) is 2.78. The van der Waals surface area contributed by atoms with Gasteiger partial charge in [-0.05, 0) is 31.6 Å². The number of nitrogens with zero attached hydrogens (tertiary/aromatic N) is 2. The molecule has 1 aromatic heterocycles. The fraction of sp³-hybridized carbons (Fsp3) is 0.357. The van der Waals surface area contributed by atoms with Crippen molar-refractivity contribution >= 4 is 11.8 Å². The molecule has 0 aromatic carbocycles. The van der Waals surface area contributed by atoms with Gasteiger partial charge in [0.05, 0.1) is 6.54 Å². The van der Waals surface area contributed by atoms with Crippen LogP contribution < -0.4 is 5.32 Å². The summed E-state index contributed by atoms with van der Waals surface area (Å²) in [6, 6.07) is 3.74. The number of nitrogens with one attached hydrogen (secondary N) is 1. The van der Waals surface area contributed by atoms with Crippen LogP contribution in [0, 0.1) is 6.92 Å². The normalized spacial score (nSPS) is 9.79. The molecule has 102 valence electrons. The summed E-state index contributed by atoms with van der Waals surface area (Å²) in [4.78, 5) is 28.8. The molecule has 0 saturated heterocycles. The molecule has 2 amide bonds. The van der Waals surface area contributed by atoms with Crippen LogP contribution in [-0.4, -0.2) is 34.8 Å². The second kappa shape index (κ2) is 7.31. The van der Waals surface area contributed by atoms with Crippen LogP contribution in [-0.2, 0) is 16.1 Å². The van der Waals surface area contributed by atoms with E-state index in [1.807, 2.05) is 26.0 Å². The second-order valence-corrected chi connectivity index (χ2v) is 4.08. The number of rotatable bonds is 6. The minimum absolute atomic E-state index is 0.0423. The summed E-state index contributed by atoms with van der Waals surface area (Å²) in [5.74, 6) is -0.435. The molecule has 0 aliphatic heterocycles. The minimum Gasteiger partial charge on any atom is -0.350 e. The lowest BCUT2D eigenvalue weighted by Crippen LogP contribution is -2.39. The van der Waals surface area contributed by atoms with Crippen molar-refractivity contribution in [3.8, 4) is 0 Å². The van der Waals surface area contributed by atoms with Crippen LogP contribution in [0.1, 0.15) is 18.2 Å². The SMILES string of the molecule is C=CC(=O)N(CC)CC(=O)NCc1cccnc1C. The van der Waals surface area contributed by atoms with Crippen molar-refractivity contribution in [1.29, 1.82) is 0 Å². The van der Waals surface area contributed by atoms with Gasteiger partial charge in [0, 0.05) is 25.0 Å². The number of amides is 2. The molecule has 0 aliphatic carbocycles. The van der Waals surface area contributed by atoms with Crippen molar-refractivity contribution < 1.29 is 9.59 Å². The Kier molecular flexibility index (Phi) is 5.73. The predicted octanol–water partition coefficient (Wildman–Crippen LogP) is 1.04. The Balaban J connectivity index is 2.50.